The van der Waals surface area contributed by atoms with Gasteiger partial charge in [-0.15, -0.1) is 0 Å². The average Bonchev–Trinajstić information content (AvgIpc) is 2.39. The van der Waals surface area contributed by atoms with E-state index in [9.17, 15) is 8.42 Å². The van der Waals surface area contributed by atoms with Crippen LogP contribution in [-0.2, 0) is 16.6 Å². The Morgan fingerprint density at radius 1 is 1.42 bits per heavy atom. The lowest BCUT2D eigenvalue weighted by atomic mass is 10.1. The number of benzene rings is 1. The minimum Gasteiger partial charge on any atom is -0.326 e. The van der Waals surface area contributed by atoms with Crippen LogP contribution in [0.25, 0.3) is 0 Å². The van der Waals surface area contributed by atoms with Crippen LogP contribution in [-0.4, -0.2) is 25.3 Å². The highest BCUT2D eigenvalue weighted by molar-refractivity contribution is 7.89. The van der Waals surface area contributed by atoms with Crippen molar-refractivity contribution in [2.45, 2.75) is 43.7 Å². The smallest absolute Gasteiger partial charge is 0.243 e. The first-order valence-electron chi connectivity index (χ1n) is 6.47. The summed E-state index contributed by atoms with van der Waals surface area (Å²) in [7, 11) is -3.44. The van der Waals surface area contributed by atoms with Crippen LogP contribution >= 0.6 is 11.6 Å². The first-order chi connectivity index (χ1) is 8.96. The lowest BCUT2D eigenvalue weighted by Gasteiger charge is -2.32. The Morgan fingerprint density at radius 2 is 2.16 bits per heavy atom. The molecule has 0 spiro atoms. The van der Waals surface area contributed by atoms with Gasteiger partial charge < -0.3 is 5.73 Å². The molecular formula is C13H19ClN2O2S. The Labute approximate surface area is 119 Å². The number of rotatable bonds is 3. The number of hydrogen-bond acceptors (Lipinski definition) is 3. The van der Waals surface area contributed by atoms with Crippen LogP contribution in [0.3, 0.4) is 0 Å². The summed E-state index contributed by atoms with van der Waals surface area (Å²) in [6.45, 7) is 2.78. The molecule has 1 unspecified atom stereocenters. The molecule has 6 heteroatoms. The van der Waals surface area contributed by atoms with Gasteiger partial charge in [0.25, 0.3) is 0 Å². The highest BCUT2D eigenvalue weighted by Gasteiger charge is 2.31. The number of sulfonamides is 1. The quantitative estimate of drug-likeness (QED) is 0.932. The zero-order valence-corrected chi connectivity index (χ0v) is 12.5. The summed E-state index contributed by atoms with van der Waals surface area (Å²) in [5.41, 5.74) is 6.24. The molecule has 1 saturated heterocycles. The van der Waals surface area contributed by atoms with Crippen LogP contribution in [0.5, 0.6) is 0 Å². The van der Waals surface area contributed by atoms with E-state index in [1.165, 1.54) is 0 Å². The van der Waals surface area contributed by atoms with Crippen molar-refractivity contribution >= 4 is 21.6 Å². The van der Waals surface area contributed by atoms with Crippen LogP contribution in [0.1, 0.15) is 31.7 Å². The highest BCUT2D eigenvalue weighted by atomic mass is 35.5. The second-order valence-electron chi connectivity index (χ2n) is 4.92. The van der Waals surface area contributed by atoms with Crippen LogP contribution in [0.15, 0.2) is 23.1 Å². The molecule has 0 amide bonds. The second kappa shape index (κ2) is 5.79. The van der Waals surface area contributed by atoms with E-state index >= 15 is 0 Å². The first-order valence-corrected chi connectivity index (χ1v) is 8.29. The van der Waals surface area contributed by atoms with Crippen LogP contribution in [0, 0.1) is 0 Å². The minimum atomic E-state index is -3.44. The summed E-state index contributed by atoms with van der Waals surface area (Å²) in [4.78, 5) is 0.283. The monoisotopic (exact) mass is 302 g/mol. The maximum atomic E-state index is 12.6. The van der Waals surface area contributed by atoms with Crippen molar-refractivity contribution in [2.75, 3.05) is 6.54 Å². The fraction of sp³-hybridized carbons (Fsp3) is 0.538. The lowest BCUT2D eigenvalue weighted by Crippen LogP contribution is -2.41. The van der Waals surface area contributed by atoms with Gasteiger partial charge in [0.15, 0.2) is 0 Å². The molecule has 1 fully saturated rings. The summed E-state index contributed by atoms with van der Waals surface area (Å²) in [6, 6.07) is 4.79. The summed E-state index contributed by atoms with van der Waals surface area (Å²) in [6.07, 6.45) is 2.92. The van der Waals surface area contributed by atoms with Crippen molar-refractivity contribution in [1.82, 2.24) is 4.31 Å². The van der Waals surface area contributed by atoms with E-state index in [4.69, 9.17) is 17.3 Å². The predicted molar refractivity (Wildman–Crippen MR) is 76.5 cm³/mol. The van der Waals surface area contributed by atoms with Gasteiger partial charge in [-0.1, -0.05) is 18.0 Å². The number of nitrogens with zero attached hydrogens (tertiary/aromatic N) is 1. The molecule has 106 valence electrons. The van der Waals surface area contributed by atoms with Gasteiger partial charge in [0, 0.05) is 24.2 Å². The Morgan fingerprint density at radius 3 is 2.79 bits per heavy atom. The Balaban J connectivity index is 2.38. The minimum absolute atomic E-state index is 0.0516. The molecule has 1 aliphatic rings. The molecular weight excluding hydrogens is 284 g/mol. The van der Waals surface area contributed by atoms with Crippen LogP contribution < -0.4 is 5.73 Å². The van der Waals surface area contributed by atoms with Crippen molar-refractivity contribution < 1.29 is 8.42 Å². The highest BCUT2D eigenvalue weighted by Crippen LogP contribution is 2.27. The summed E-state index contributed by atoms with van der Waals surface area (Å²) in [5.74, 6) is 0. The zero-order valence-electron chi connectivity index (χ0n) is 11.0. The molecule has 0 saturated carbocycles. The maximum Gasteiger partial charge on any atom is 0.243 e. The maximum absolute atomic E-state index is 12.6. The van der Waals surface area contributed by atoms with Crippen molar-refractivity contribution in [3.63, 3.8) is 0 Å². The largest absolute Gasteiger partial charge is 0.326 e. The molecule has 1 heterocycles. The van der Waals surface area contributed by atoms with Crippen molar-refractivity contribution in [3.8, 4) is 0 Å². The van der Waals surface area contributed by atoms with E-state index in [1.54, 1.807) is 22.5 Å². The fourth-order valence-corrected chi connectivity index (χ4v) is 4.38. The molecule has 4 nitrogen and oxygen atoms in total. The van der Waals surface area contributed by atoms with Gasteiger partial charge in [-0.3, -0.25) is 0 Å². The van der Waals surface area contributed by atoms with Crippen molar-refractivity contribution in [2.24, 2.45) is 5.73 Å². The Bertz CT molecular complexity index is 560. The van der Waals surface area contributed by atoms with Crippen LogP contribution in [0.4, 0.5) is 0 Å². The lowest BCUT2D eigenvalue weighted by molar-refractivity contribution is 0.268. The van der Waals surface area contributed by atoms with Gasteiger partial charge >= 0.3 is 0 Å². The van der Waals surface area contributed by atoms with Gasteiger partial charge in [0.1, 0.15) is 0 Å². The first kappa shape index (κ1) is 14.8. The molecule has 19 heavy (non-hydrogen) atoms. The average molecular weight is 303 g/mol. The normalized spacial score (nSPS) is 21.5. The third kappa shape index (κ3) is 2.94. The Hall–Kier alpha value is -0.620. The molecule has 0 aliphatic carbocycles. The second-order valence-corrected chi connectivity index (χ2v) is 7.22. The standard InChI is InChI=1S/C13H19ClN2O2S/c1-10-4-2-3-7-16(10)19(17,18)12-5-6-13(14)11(8-12)9-15/h5-6,8,10H,2-4,7,9,15H2,1H3. The third-order valence-electron chi connectivity index (χ3n) is 3.59. The molecule has 0 radical (unpaired) electrons. The van der Waals surface area contributed by atoms with E-state index in [2.05, 4.69) is 0 Å². The molecule has 1 aromatic carbocycles. The van der Waals surface area contributed by atoms with Crippen molar-refractivity contribution in [1.29, 1.82) is 0 Å². The summed E-state index contributed by atoms with van der Waals surface area (Å²) < 4.78 is 26.8. The van der Waals surface area contributed by atoms with E-state index in [-0.39, 0.29) is 17.5 Å². The van der Waals surface area contributed by atoms with E-state index < -0.39 is 10.0 Å². The van der Waals surface area contributed by atoms with Gasteiger partial charge in [0.05, 0.1) is 4.90 Å². The predicted octanol–water partition coefficient (Wildman–Crippen LogP) is 2.36. The molecule has 1 aliphatic heterocycles. The molecule has 0 aromatic heterocycles. The van der Waals surface area contributed by atoms with Gasteiger partial charge in [-0.05, 0) is 43.5 Å². The van der Waals surface area contributed by atoms with Crippen molar-refractivity contribution in [3.05, 3.63) is 28.8 Å². The fourth-order valence-electron chi connectivity index (χ4n) is 2.43. The number of hydrogen-bond donors (Lipinski definition) is 1. The Kier molecular flexibility index (Phi) is 4.50. The summed E-state index contributed by atoms with van der Waals surface area (Å²) in [5, 5.41) is 0.508. The number of nitrogens with two attached hydrogens (primary N) is 1. The van der Waals surface area contributed by atoms with E-state index in [0.717, 1.165) is 19.3 Å². The topological polar surface area (TPSA) is 63.4 Å². The summed E-state index contributed by atoms with van der Waals surface area (Å²) >= 11 is 5.97. The number of halogens is 1. The SMILES string of the molecule is CC1CCCCN1S(=O)(=O)c1ccc(Cl)c(CN)c1. The molecule has 0 bridgehead atoms. The molecule has 2 N–H and O–H groups in total. The molecule has 2 rings (SSSR count). The van der Waals surface area contributed by atoms with Gasteiger partial charge in [0.2, 0.25) is 10.0 Å². The van der Waals surface area contributed by atoms with Crippen LogP contribution in [0.2, 0.25) is 5.02 Å². The molecule has 1 atom stereocenters. The van der Waals surface area contributed by atoms with Gasteiger partial charge in [-0.25, -0.2) is 8.42 Å². The molecule has 1 aromatic rings. The van der Waals surface area contributed by atoms with E-state index in [1.807, 2.05) is 6.92 Å². The van der Waals surface area contributed by atoms with E-state index in [0.29, 0.717) is 17.1 Å². The number of piperidine rings is 1. The zero-order chi connectivity index (χ0) is 14.0. The third-order valence-corrected chi connectivity index (χ3v) is 5.96. The van der Waals surface area contributed by atoms with Gasteiger partial charge in [-0.2, -0.15) is 4.31 Å².